The minimum Gasteiger partial charge on any atom is -0.472 e. The number of anilines is 1. The van der Waals surface area contributed by atoms with Crippen LogP contribution in [0, 0.1) is 0 Å². The Morgan fingerprint density at radius 2 is 2.20 bits per heavy atom. The van der Waals surface area contributed by atoms with Crippen LogP contribution in [0.3, 0.4) is 0 Å². The van der Waals surface area contributed by atoms with E-state index in [4.69, 9.17) is 9.47 Å². The fraction of sp³-hybridized carbons (Fsp3) is 0.714. The summed E-state index contributed by atoms with van der Waals surface area (Å²) in [5, 5.41) is 3.37. The summed E-state index contributed by atoms with van der Waals surface area (Å²) in [5.74, 6) is 1.29. The summed E-state index contributed by atoms with van der Waals surface area (Å²) < 4.78 is 12.0. The Balaban J connectivity index is 1.63. The molecule has 2 aliphatic heterocycles. The quantitative estimate of drug-likeness (QED) is 0.884. The van der Waals surface area contributed by atoms with Gasteiger partial charge in [-0.2, -0.15) is 4.98 Å². The predicted octanol–water partition coefficient (Wildman–Crippen LogP) is 0.832. The first-order valence-electron chi connectivity index (χ1n) is 7.19. The van der Waals surface area contributed by atoms with Gasteiger partial charge < -0.3 is 19.7 Å². The lowest BCUT2D eigenvalue weighted by Gasteiger charge is -2.32. The third kappa shape index (κ3) is 2.86. The van der Waals surface area contributed by atoms with Crippen LogP contribution in [-0.4, -0.2) is 55.5 Å². The van der Waals surface area contributed by atoms with Crippen LogP contribution >= 0.6 is 0 Å². The van der Waals surface area contributed by atoms with Gasteiger partial charge in [0.1, 0.15) is 6.10 Å². The van der Waals surface area contributed by atoms with Crippen LogP contribution in [-0.2, 0) is 4.74 Å². The Labute approximate surface area is 119 Å². The molecule has 20 heavy (non-hydrogen) atoms. The fourth-order valence-electron chi connectivity index (χ4n) is 2.89. The highest BCUT2D eigenvalue weighted by molar-refractivity contribution is 5.29. The molecule has 2 aliphatic rings. The molecule has 0 bridgehead atoms. The molecule has 1 spiro atoms. The van der Waals surface area contributed by atoms with E-state index < -0.39 is 0 Å². The average Bonchev–Trinajstić information content (AvgIpc) is 2.82. The lowest BCUT2D eigenvalue weighted by Crippen LogP contribution is -2.41. The highest BCUT2D eigenvalue weighted by Crippen LogP contribution is 2.35. The van der Waals surface area contributed by atoms with Gasteiger partial charge in [0.15, 0.2) is 0 Å². The van der Waals surface area contributed by atoms with E-state index in [1.165, 1.54) is 0 Å². The SMILES string of the molecule is CN(C)c1nccc(OC2COC3(CCNCC3)C2)n1. The minimum atomic E-state index is 0.0212. The van der Waals surface area contributed by atoms with Crippen molar-refractivity contribution >= 4 is 5.95 Å². The van der Waals surface area contributed by atoms with Crippen LogP contribution in [0.1, 0.15) is 19.3 Å². The molecule has 0 amide bonds. The van der Waals surface area contributed by atoms with E-state index in [0.717, 1.165) is 32.4 Å². The Morgan fingerprint density at radius 1 is 1.40 bits per heavy atom. The summed E-state index contributed by atoms with van der Waals surface area (Å²) in [6.45, 7) is 2.72. The lowest BCUT2D eigenvalue weighted by molar-refractivity contribution is -0.0205. The standard InChI is InChI=1S/C14H22N4O2/c1-18(2)13-16-6-3-12(17-13)20-11-9-14(19-10-11)4-7-15-8-5-14/h3,6,11,15H,4-5,7-10H2,1-2H3. The van der Waals surface area contributed by atoms with E-state index >= 15 is 0 Å². The minimum absolute atomic E-state index is 0.0212. The van der Waals surface area contributed by atoms with Crippen molar-refractivity contribution in [3.05, 3.63) is 12.3 Å². The average molecular weight is 278 g/mol. The maximum atomic E-state index is 6.03. The molecule has 1 atom stereocenters. The van der Waals surface area contributed by atoms with Gasteiger partial charge in [-0.1, -0.05) is 0 Å². The Kier molecular flexibility index (Phi) is 3.76. The molecule has 3 heterocycles. The molecular formula is C14H22N4O2. The van der Waals surface area contributed by atoms with Crippen molar-refractivity contribution in [3.8, 4) is 5.88 Å². The highest BCUT2D eigenvalue weighted by Gasteiger charge is 2.42. The van der Waals surface area contributed by atoms with E-state index in [2.05, 4.69) is 15.3 Å². The van der Waals surface area contributed by atoms with Gasteiger partial charge in [0.25, 0.3) is 0 Å². The number of piperidine rings is 1. The van der Waals surface area contributed by atoms with Crippen molar-refractivity contribution in [1.82, 2.24) is 15.3 Å². The molecule has 1 aromatic rings. The van der Waals surface area contributed by atoms with Crippen LogP contribution in [0.2, 0.25) is 0 Å². The molecule has 0 aromatic carbocycles. The lowest BCUT2D eigenvalue weighted by atomic mass is 9.89. The molecule has 0 radical (unpaired) electrons. The van der Waals surface area contributed by atoms with Crippen LogP contribution in [0.4, 0.5) is 5.95 Å². The van der Waals surface area contributed by atoms with Crippen LogP contribution in [0.5, 0.6) is 5.88 Å². The van der Waals surface area contributed by atoms with Crippen molar-refractivity contribution in [2.24, 2.45) is 0 Å². The van der Waals surface area contributed by atoms with Crippen LogP contribution < -0.4 is 15.0 Å². The molecule has 0 aliphatic carbocycles. The normalized spacial score (nSPS) is 24.8. The van der Waals surface area contributed by atoms with Crippen molar-refractivity contribution in [2.45, 2.75) is 31.0 Å². The first-order valence-corrected chi connectivity index (χ1v) is 7.19. The number of aromatic nitrogens is 2. The molecular weight excluding hydrogens is 256 g/mol. The number of ether oxygens (including phenoxy) is 2. The Bertz CT molecular complexity index is 460. The summed E-state index contributed by atoms with van der Waals surface area (Å²) in [4.78, 5) is 10.5. The maximum absolute atomic E-state index is 6.03. The first kappa shape index (κ1) is 13.6. The number of nitrogens with zero attached hydrogens (tertiary/aromatic N) is 3. The van der Waals surface area contributed by atoms with Gasteiger partial charge in [0.2, 0.25) is 11.8 Å². The monoisotopic (exact) mass is 278 g/mol. The fourth-order valence-corrected chi connectivity index (χ4v) is 2.89. The summed E-state index contributed by atoms with van der Waals surface area (Å²) in [7, 11) is 3.84. The van der Waals surface area contributed by atoms with Crippen molar-refractivity contribution in [2.75, 3.05) is 38.7 Å². The van der Waals surface area contributed by atoms with E-state index in [9.17, 15) is 0 Å². The number of nitrogens with one attached hydrogen (secondary N) is 1. The van der Waals surface area contributed by atoms with Gasteiger partial charge in [-0.15, -0.1) is 0 Å². The van der Waals surface area contributed by atoms with Gasteiger partial charge in [0, 0.05) is 32.8 Å². The van der Waals surface area contributed by atoms with Crippen molar-refractivity contribution in [1.29, 1.82) is 0 Å². The summed E-state index contributed by atoms with van der Waals surface area (Å²) in [6.07, 6.45) is 4.92. The first-order chi connectivity index (χ1) is 9.67. The van der Waals surface area contributed by atoms with E-state index in [1.807, 2.05) is 19.0 Å². The third-order valence-corrected chi connectivity index (χ3v) is 3.99. The molecule has 1 unspecified atom stereocenters. The molecule has 110 valence electrons. The summed E-state index contributed by atoms with van der Waals surface area (Å²) in [6, 6.07) is 1.81. The van der Waals surface area contributed by atoms with Gasteiger partial charge in [-0.25, -0.2) is 4.98 Å². The van der Waals surface area contributed by atoms with Gasteiger partial charge in [-0.05, 0) is 25.9 Å². The van der Waals surface area contributed by atoms with Crippen LogP contribution in [0.15, 0.2) is 12.3 Å². The van der Waals surface area contributed by atoms with E-state index in [0.29, 0.717) is 18.4 Å². The molecule has 1 N–H and O–H groups in total. The second-order valence-corrected chi connectivity index (χ2v) is 5.78. The number of hydrogen-bond donors (Lipinski definition) is 1. The van der Waals surface area contributed by atoms with E-state index in [1.54, 1.807) is 12.3 Å². The third-order valence-electron chi connectivity index (χ3n) is 3.99. The predicted molar refractivity (Wildman–Crippen MR) is 76.2 cm³/mol. The molecule has 2 fully saturated rings. The van der Waals surface area contributed by atoms with Gasteiger partial charge in [0.05, 0.1) is 12.2 Å². The second-order valence-electron chi connectivity index (χ2n) is 5.78. The van der Waals surface area contributed by atoms with E-state index in [-0.39, 0.29) is 11.7 Å². The van der Waals surface area contributed by atoms with Gasteiger partial charge >= 0.3 is 0 Å². The van der Waals surface area contributed by atoms with Crippen molar-refractivity contribution < 1.29 is 9.47 Å². The molecule has 1 aromatic heterocycles. The molecule has 6 nitrogen and oxygen atoms in total. The summed E-state index contributed by atoms with van der Waals surface area (Å²) in [5.41, 5.74) is 0.0212. The maximum Gasteiger partial charge on any atom is 0.228 e. The summed E-state index contributed by atoms with van der Waals surface area (Å²) >= 11 is 0. The van der Waals surface area contributed by atoms with Gasteiger partial charge in [-0.3, -0.25) is 0 Å². The zero-order chi connectivity index (χ0) is 14.0. The van der Waals surface area contributed by atoms with Crippen molar-refractivity contribution in [3.63, 3.8) is 0 Å². The molecule has 0 saturated carbocycles. The smallest absolute Gasteiger partial charge is 0.228 e. The Hall–Kier alpha value is -1.40. The molecule has 2 saturated heterocycles. The molecule has 3 rings (SSSR count). The zero-order valence-corrected chi connectivity index (χ0v) is 12.1. The second kappa shape index (κ2) is 5.54. The highest BCUT2D eigenvalue weighted by atomic mass is 16.6. The zero-order valence-electron chi connectivity index (χ0n) is 12.1. The molecule has 6 heteroatoms. The number of hydrogen-bond acceptors (Lipinski definition) is 6. The Morgan fingerprint density at radius 3 is 2.95 bits per heavy atom. The van der Waals surface area contributed by atoms with Crippen LogP contribution in [0.25, 0.3) is 0 Å². The topological polar surface area (TPSA) is 59.5 Å². The largest absolute Gasteiger partial charge is 0.472 e. The number of rotatable bonds is 3.